The monoisotopic (exact) mass is 341 g/mol. The fourth-order valence-electron chi connectivity index (χ4n) is 2.91. The van der Waals surface area contributed by atoms with E-state index in [1.165, 1.54) is 43.3 Å². The lowest BCUT2D eigenvalue weighted by atomic mass is 9.95. The van der Waals surface area contributed by atoms with Crippen molar-refractivity contribution in [3.63, 3.8) is 0 Å². The number of amides is 1. The van der Waals surface area contributed by atoms with Gasteiger partial charge < -0.3 is 14.7 Å². The van der Waals surface area contributed by atoms with Crippen LogP contribution in [-0.2, 0) is 9.59 Å². The van der Waals surface area contributed by atoms with Gasteiger partial charge in [-0.3, -0.25) is 9.59 Å². The Bertz CT molecular complexity index is 873. The van der Waals surface area contributed by atoms with Crippen LogP contribution in [0, 0.1) is 5.82 Å². The molecule has 0 aromatic heterocycles. The number of carbonyl (C=O) groups excluding carboxylic acids is 2. The number of hydrogen-bond donors (Lipinski definition) is 1. The molecule has 128 valence electrons. The van der Waals surface area contributed by atoms with Crippen molar-refractivity contribution in [2.45, 2.75) is 6.04 Å². The van der Waals surface area contributed by atoms with Gasteiger partial charge in [-0.15, -0.1) is 0 Å². The Morgan fingerprint density at radius 3 is 2.48 bits per heavy atom. The first-order valence-corrected chi connectivity index (χ1v) is 7.58. The molecule has 1 aliphatic rings. The van der Waals surface area contributed by atoms with Crippen molar-refractivity contribution >= 4 is 17.4 Å². The summed E-state index contributed by atoms with van der Waals surface area (Å²) >= 11 is 0. The molecule has 2 aromatic rings. The van der Waals surface area contributed by atoms with E-state index in [1.807, 2.05) is 0 Å². The SMILES string of the molecule is COc1cccc(C2/C(=C(\O)c3ccc(F)cc3)C(=O)C(=O)N2C)c1. The van der Waals surface area contributed by atoms with Gasteiger partial charge in [0.15, 0.2) is 0 Å². The Morgan fingerprint density at radius 1 is 1.16 bits per heavy atom. The smallest absolute Gasteiger partial charge is 0.295 e. The molecule has 2 aromatic carbocycles. The number of aliphatic hydroxyl groups excluding tert-OH is 1. The molecular formula is C19H16FNO4. The molecule has 3 rings (SSSR count). The van der Waals surface area contributed by atoms with Crippen molar-refractivity contribution in [2.24, 2.45) is 0 Å². The second-order valence-electron chi connectivity index (χ2n) is 5.69. The molecule has 1 atom stereocenters. The largest absolute Gasteiger partial charge is 0.507 e. The van der Waals surface area contributed by atoms with Crippen molar-refractivity contribution in [3.05, 3.63) is 71.0 Å². The summed E-state index contributed by atoms with van der Waals surface area (Å²) in [6, 6.07) is 11.2. The third kappa shape index (κ3) is 2.87. The summed E-state index contributed by atoms with van der Waals surface area (Å²) in [5.41, 5.74) is 0.859. The summed E-state index contributed by atoms with van der Waals surface area (Å²) < 4.78 is 18.3. The lowest BCUT2D eigenvalue weighted by Crippen LogP contribution is -2.24. The number of likely N-dealkylation sites (N-methyl/N-ethyl adjacent to an activating group) is 1. The Kier molecular flexibility index (Phi) is 4.27. The second kappa shape index (κ2) is 6.39. The number of carbonyl (C=O) groups is 2. The number of nitrogens with zero attached hydrogens (tertiary/aromatic N) is 1. The summed E-state index contributed by atoms with van der Waals surface area (Å²) in [7, 11) is 3.01. The highest BCUT2D eigenvalue weighted by atomic mass is 19.1. The Hall–Kier alpha value is -3.15. The van der Waals surface area contributed by atoms with Gasteiger partial charge >= 0.3 is 0 Å². The second-order valence-corrected chi connectivity index (χ2v) is 5.69. The number of benzene rings is 2. The zero-order valence-corrected chi connectivity index (χ0v) is 13.7. The molecule has 0 aliphatic carbocycles. The van der Waals surface area contributed by atoms with Gasteiger partial charge in [-0.25, -0.2) is 4.39 Å². The van der Waals surface area contributed by atoms with Gasteiger partial charge in [0.25, 0.3) is 11.7 Å². The summed E-state index contributed by atoms with van der Waals surface area (Å²) in [6.07, 6.45) is 0. The van der Waals surface area contributed by atoms with Crippen LogP contribution in [0.5, 0.6) is 5.75 Å². The van der Waals surface area contributed by atoms with Gasteiger partial charge in [-0.2, -0.15) is 0 Å². The number of ether oxygens (including phenoxy) is 1. The quantitative estimate of drug-likeness (QED) is 0.530. The van der Waals surface area contributed by atoms with Gasteiger partial charge in [-0.1, -0.05) is 12.1 Å². The van der Waals surface area contributed by atoms with Crippen molar-refractivity contribution in [1.29, 1.82) is 0 Å². The highest BCUT2D eigenvalue weighted by Gasteiger charge is 2.44. The third-order valence-corrected chi connectivity index (χ3v) is 4.20. The van der Waals surface area contributed by atoms with Crippen molar-refractivity contribution in [3.8, 4) is 5.75 Å². The maximum atomic E-state index is 13.1. The Balaban J connectivity index is 2.16. The minimum atomic E-state index is -0.780. The number of hydrogen-bond acceptors (Lipinski definition) is 4. The van der Waals surface area contributed by atoms with E-state index < -0.39 is 23.5 Å². The summed E-state index contributed by atoms with van der Waals surface area (Å²) in [6.45, 7) is 0. The first-order chi connectivity index (χ1) is 11.9. The normalized spacial score (nSPS) is 19.3. The Morgan fingerprint density at radius 2 is 1.84 bits per heavy atom. The molecule has 1 saturated heterocycles. The summed E-state index contributed by atoms with van der Waals surface area (Å²) in [4.78, 5) is 25.9. The predicted molar refractivity (Wildman–Crippen MR) is 89.5 cm³/mol. The van der Waals surface area contributed by atoms with Gasteiger partial charge in [0.05, 0.1) is 18.7 Å². The number of Topliss-reactive ketones (excluding diaryl/α,β-unsaturated/α-hetero) is 1. The lowest BCUT2D eigenvalue weighted by Gasteiger charge is -2.21. The van der Waals surface area contributed by atoms with Crippen molar-refractivity contribution in [2.75, 3.05) is 14.2 Å². The molecule has 6 heteroatoms. The van der Waals surface area contributed by atoms with E-state index in [9.17, 15) is 19.1 Å². The van der Waals surface area contributed by atoms with Crippen molar-refractivity contribution in [1.82, 2.24) is 4.90 Å². The minimum Gasteiger partial charge on any atom is -0.507 e. The third-order valence-electron chi connectivity index (χ3n) is 4.20. The average Bonchev–Trinajstić information content (AvgIpc) is 2.86. The summed E-state index contributed by atoms with van der Waals surface area (Å²) in [5, 5.41) is 10.6. The minimum absolute atomic E-state index is 0.0349. The molecule has 1 amide bonds. The van der Waals surface area contributed by atoms with E-state index >= 15 is 0 Å². The average molecular weight is 341 g/mol. The first kappa shape index (κ1) is 16.7. The van der Waals surface area contributed by atoms with E-state index in [0.717, 1.165) is 0 Å². The van der Waals surface area contributed by atoms with E-state index in [1.54, 1.807) is 24.3 Å². The van der Waals surface area contributed by atoms with E-state index in [2.05, 4.69) is 0 Å². The fourth-order valence-corrected chi connectivity index (χ4v) is 2.91. The highest BCUT2D eigenvalue weighted by molar-refractivity contribution is 6.46. The predicted octanol–water partition coefficient (Wildman–Crippen LogP) is 2.89. The number of likely N-dealkylation sites (tertiary alicyclic amines) is 1. The molecule has 0 saturated carbocycles. The van der Waals surface area contributed by atoms with Crippen LogP contribution < -0.4 is 4.74 Å². The van der Waals surface area contributed by atoms with Crippen LogP contribution in [0.3, 0.4) is 0 Å². The van der Waals surface area contributed by atoms with Gasteiger partial charge in [0.1, 0.15) is 17.3 Å². The maximum absolute atomic E-state index is 13.1. The zero-order valence-electron chi connectivity index (χ0n) is 13.7. The molecule has 0 radical (unpaired) electrons. The van der Waals surface area contributed by atoms with Crippen LogP contribution in [0.25, 0.3) is 5.76 Å². The van der Waals surface area contributed by atoms with Crippen molar-refractivity contribution < 1.29 is 23.8 Å². The van der Waals surface area contributed by atoms with Crippen LogP contribution in [0.15, 0.2) is 54.1 Å². The molecule has 5 nitrogen and oxygen atoms in total. The van der Waals surface area contributed by atoms with Gasteiger partial charge in [-0.05, 0) is 42.0 Å². The zero-order chi connectivity index (χ0) is 18.1. The van der Waals surface area contributed by atoms with Crippen LogP contribution in [0.4, 0.5) is 4.39 Å². The molecule has 25 heavy (non-hydrogen) atoms. The maximum Gasteiger partial charge on any atom is 0.295 e. The van der Waals surface area contributed by atoms with Crippen LogP contribution >= 0.6 is 0 Å². The van der Waals surface area contributed by atoms with Crippen LogP contribution in [-0.4, -0.2) is 35.9 Å². The number of rotatable bonds is 3. The number of methoxy groups -OCH3 is 1. The Labute approximate surface area is 144 Å². The van der Waals surface area contributed by atoms with E-state index in [-0.39, 0.29) is 16.9 Å². The molecule has 1 unspecified atom stereocenters. The number of halogens is 1. The molecule has 1 heterocycles. The molecule has 0 bridgehead atoms. The van der Waals surface area contributed by atoms with E-state index in [0.29, 0.717) is 11.3 Å². The lowest BCUT2D eigenvalue weighted by molar-refractivity contribution is -0.139. The van der Waals surface area contributed by atoms with E-state index in [4.69, 9.17) is 4.74 Å². The van der Waals surface area contributed by atoms with Gasteiger partial charge in [0, 0.05) is 12.6 Å². The molecule has 0 spiro atoms. The van der Waals surface area contributed by atoms with Crippen LogP contribution in [0.1, 0.15) is 17.2 Å². The highest BCUT2D eigenvalue weighted by Crippen LogP contribution is 2.39. The topological polar surface area (TPSA) is 66.8 Å². The van der Waals surface area contributed by atoms with Gasteiger partial charge in [0.2, 0.25) is 0 Å². The molecule has 1 fully saturated rings. The molecule has 1 aliphatic heterocycles. The molecular weight excluding hydrogens is 325 g/mol. The number of aliphatic hydroxyl groups is 1. The van der Waals surface area contributed by atoms with Crippen LogP contribution in [0.2, 0.25) is 0 Å². The molecule has 1 N–H and O–H groups in total. The first-order valence-electron chi connectivity index (χ1n) is 7.58. The number of ketones is 1. The summed E-state index contributed by atoms with van der Waals surface area (Å²) in [5.74, 6) is -1.72. The fraction of sp³-hybridized carbons (Fsp3) is 0.158. The standard InChI is InChI=1S/C19H16FNO4/c1-21-16(12-4-3-5-14(10-12)25-2)15(18(23)19(21)24)17(22)11-6-8-13(20)9-7-11/h3-10,16,22H,1-2H3/b17-15+.